The molecule has 4 aromatic rings. The van der Waals surface area contributed by atoms with Gasteiger partial charge in [0.15, 0.2) is 0 Å². The number of benzene rings is 2. The van der Waals surface area contributed by atoms with E-state index in [-0.39, 0.29) is 16.5 Å². The number of furan rings is 2. The Kier molecular flexibility index (Phi) is 12.8. The van der Waals surface area contributed by atoms with E-state index in [0.29, 0.717) is 21.6 Å². The van der Waals surface area contributed by atoms with Gasteiger partial charge in [0.2, 0.25) is 0 Å². The van der Waals surface area contributed by atoms with Gasteiger partial charge in [0, 0.05) is 20.1 Å². The third kappa shape index (κ3) is 9.62. The van der Waals surface area contributed by atoms with Gasteiger partial charge in [0.05, 0.1) is 25.0 Å². The van der Waals surface area contributed by atoms with Crippen LogP contribution in [-0.2, 0) is 41.7 Å². The van der Waals surface area contributed by atoms with E-state index in [1.165, 1.54) is 0 Å². The van der Waals surface area contributed by atoms with Gasteiger partial charge in [-0.2, -0.15) is 20.4 Å². The Morgan fingerprint density at radius 1 is 0.629 bits per heavy atom. The Morgan fingerprint density at radius 2 is 1.03 bits per heavy atom. The smallest absolute Gasteiger partial charge is 0.755 e. The summed E-state index contributed by atoms with van der Waals surface area (Å²) in [7, 11) is 0. The molecule has 6 nitrogen and oxygen atoms in total. The molecule has 0 unspecified atom stereocenters. The van der Waals surface area contributed by atoms with Crippen molar-refractivity contribution in [2.45, 2.75) is 0 Å². The largest absolute Gasteiger partial charge is 2.00 e. The monoisotopic (exact) mass is 672 g/mol. The zero-order valence-corrected chi connectivity index (χ0v) is 23.5. The molecule has 4 rings (SSSR count). The van der Waals surface area contributed by atoms with Crippen molar-refractivity contribution in [3.05, 3.63) is 117 Å². The SMILES string of the molecule is [Ni+2].[S-]/C(=N\N=C\c1ccccc1Br)c1ccco1.[S-]/C(=N\N=C\c1ccccc1Br)c1ccco1. The quantitative estimate of drug-likeness (QED) is 0.0747. The maximum absolute atomic E-state index is 5.10. The fraction of sp³-hybridized carbons (Fsp3) is 0. The molecule has 0 spiro atoms. The first kappa shape index (κ1) is 28.8. The predicted octanol–water partition coefficient (Wildman–Crippen LogP) is 6.74. The van der Waals surface area contributed by atoms with Crippen molar-refractivity contribution in [1.29, 1.82) is 0 Å². The zero-order chi connectivity index (χ0) is 24.2. The van der Waals surface area contributed by atoms with Crippen molar-refractivity contribution in [2.24, 2.45) is 20.4 Å². The molecule has 0 N–H and O–H groups in total. The molecule has 0 aliphatic heterocycles. The fourth-order valence-corrected chi connectivity index (χ4v) is 3.45. The number of nitrogens with zero attached hydrogens (tertiary/aromatic N) is 4. The van der Waals surface area contributed by atoms with Crippen LogP contribution in [0.5, 0.6) is 0 Å². The van der Waals surface area contributed by atoms with Gasteiger partial charge in [0.1, 0.15) is 11.5 Å². The van der Waals surface area contributed by atoms with Crippen LogP contribution in [0.25, 0.3) is 0 Å². The number of hydrogen-bond acceptors (Lipinski definition) is 8. The molecule has 0 atom stereocenters. The Labute approximate surface area is 240 Å². The van der Waals surface area contributed by atoms with Gasteiger partial charge in [0.25, 0.3) is 0 Å². The second kappa shape index (κ2) is 15.5. The van der Waals surface area contributed by atoms with E-state index in [4.69, 9.17) is 34.1 Å². The molecule has 0 saturated heterocycles. The standard InChI is InChI=1S/2C12H9BrN2OS.Ni/c2*13-10-5-2-1-4-9(10)8-14-15-12(17)11-6-3-7-16-11;/h2*1-8H,(H,15,17);/q;;+2/p-2/b2*14-8+;. The average Bonchev–Trinajstić information content (AvgIpc) is 3.57. The molecule has 2 aromatic heterocycles. The number of rotatable bonds is 6. The summed E-state index contributed by atoms with van der Waals surface area (Å²) >= 11 is 16.9. The Morgan fingerprint density at radius 3 is 1.37 bits per heavy atom. The van der Waals surface area contributed by atoms with E-state index in [1.807, 2.05) is 48.5 Å². The molecule has 0 aliphatic rings. The van der Waals surface area contributed by atoms with Crippen LogP contribution in [0.1, 0.15) is 22.6 Å². The van der Waals surface area contributed by atoms with Crippen molar-refractivity contribution < 1.29 is 25.3 Å². The van der Waals surface area contributed by atoms with E-state index in [9.17, 15) is 0 Å². The minimum Gasteiger partial charge on any atom is -0.755 e. The van der Waals surface area contributed by atoms with Gasteiger partial charge >= 0.3 is 16.5 Å². The molecule has 0 saturated carbocycles. The van der Waals surface area contributed by atoms with Gasteiger partial charge in [-0.05, 0) is 46.5 Å². The normalized spacial score (nSPS) is 11.8. The van der Waals surface area contributed by atoms with E-state index < -0.39 is 0 Å². The van der Waals surface area contributed by atoms with Crippen molar-refractivity contribution in [2.75, 3.05) is 0 Å². The first-order valence-electron chi connectivity index (χ1n) is 9.67. The van der Waals surface area contributed by atoms with Gasteiger partial charge in [-0.1, -0.05) is 68.3 Å². The molecule has 2 aromatic carbocycles. The second-order valence-corrected chi connectivity index (χ2v) is 8.78. The Bertz CT molecular complexity index is 1210. The summed E-state index contributed by atoms with van der Waals surface area (Å²) in [6.45, 7) is 0. The number of halogens is 2. The van der Waals surface area contributed by atoms with Crippen LogP contribution >= 0.6 is 31.9 Å². The first-order valence-corrected chi connectivity index (χ1v) is 12.1. The van der Waals surface area contributed by atoms with Crippen LogP contribution in [0.3, 0.4) is 0 Å². The molecular formula is C24H16Br2N4NiO2S2. The average molecular weight is 675 g/mol. The molecular weight excluding hydrogens is 659 g/mol. The van der Waals surface area contributed by atoms with Gasteiger partial charge in [-0.15, -0.1) is 0 Å². The van der Waals surface area contributed by atoms with E-state index in [0.717, 1.165) is 20.1 Å². The molecule has 0 fully saturated rings. The minimum atomic E-state index is 0. The summed E-state index contributed by atoms with van der Waals surface area (Å²) in [4.78, 5) is 0. The fourth-order valence-electron chi connectivity index (χ4n) is 2.35. The zero-order valence-electron chi connectivity index (χ0n) is 17.7. The second-order valence-electron chi connectivity index (χ2n) is 6.30. The topological polar surface area (TPSA) is 75.7 Å². The van der Waals surface area contributed by atoms with Crippen LogP contribution in [-0.4, -0.2) is 22.5 Å². The van der Waals surface area contributed by atoms with Crippen molar-refractivity contribution in [1.82, 2.24) is 0 Å². The number of hydrogen-bond donors (Lipinski definition) is 0. The molecule has 11 heteroatoms. The van der Waals surface area contributed by atoms with Crippen LogP contribution in [0.15, 0.2) is 124 Å². The van der Waals surface area contributed by atoms with Crippen LogP contribution in [0.2, 0.25) is 0 Å². The Balaban J connectivity index is 0.000000240. The van der Waals surface area contributed by atoms with E-state index in [2.05, 4.69) is 52.3 Å². The maximum atomic E-state index is 5.10. The maximum Gasteiger partial charge on any atom is 2.00 e. The Hall–Kier alpha value is -2.43. The summed E-state index contributed by atoms with van der Waals surface area (Å²) in [5.41, 5.74) is 1.89. The summed E-state index contributed by atoms with van der Waals surface area (Å²) in [5, 5.41) is 16.3. The van der Waals surface area contributed by atoms with E-state index in [1.54, 1.807) is 49.2 Å². The third-order valence-corrected chi connectivity index (χ3v) is 5.98. The molecule has 0 bridgehead atoms. The predicted molar refractivity (Wildman–Crippen MR) is 149 cm³/mol. The van der Waals surface area contributed by atoms with Crippen molar-refractivity contribution >= 4 is 79.6 Å². The molecule has 0 amide bonds. The minimum absolute atomic E-state index is 0. The molecule has 2 heterocycles. The van der Waals surface area contributed by atoms with Gasteiger partial charge < -0.3 is 34.1 Å². The molecule has 0 aliphatic carbocycles. The molecule has 0 radical (unpaired) electrons. The summed E-state index contributed by atoms with van der Waals surface area (Å²) in [5.74, 6) is 1.09. The van der Waals surface area contributed by atoms with Crippen LogP contribution in [0, 0.1) is 0 Å². The van der Waals surface area contributed by atoms with Gasteiger partial charge in [-0.25, -0.2) is 0 Å². The first-order chi connectivity index (χ1) is 16.5. The summed E-state index contributed by atoms with van der Waals surface area (Å²) in [6, 6.07) is 22.5. The van der Waals surface area contributed by atoms with Crippen LogP contribution < -0.4 is 0 Å². The van der Waals surface area contributed by atoms with Crippen molar-refractivity contribution in [3.8, 4) is 0 Å². The molecule has 35 heavy (non-hydrogen) atoms. The summed E-state index contributed by atoms with van der Waals surface area (Å²) in [6.07, 6.45) is 6.38. The van der Waals surface area contributed by atoms with Gasteiger partial charge in [-0.3, -0.25) is 0 Å². The van der Waals surface area contributed by atoms with Crippen molar-refractivity contribution in [3.63, 3.8) is 0 Å². The third-order valence-electron chi connectivity index (χ3n) is 3.97. The van der Waals surface area contributed by atoms with Crippen LogP contribution in [0.4, 0.5) is 0 Å². The van der Waals surface area contributed by atoms with E-state index >= 15 is 0 Å². The summed E-state index contributed by atoms with van der Waals surface area (Å²) < 4.78 is 12.1. The molecule has 180 valence electrons.